The lowest BCUT2D eigenvalue weighted by Crippen LogP contribution is -2.14. The predicted molar refractivity (Wildman–Crippen MR) is 43.6 cm³/mol. The van der Waals surface area contributed by atoms with Crippen molar-refractivity contribution < 1.29 is 19.4 Å². The monoisotopic (exact) mass is 179 g/mol. The molecule has 1 N–H and O–H groups in total. The van der Waals surface area contributed by atoms with Gasteiger partial charge in [-0.3, -0.25) is 0 Å². The van der Waals surface area contributed by atoms with Gasteiger partial charge in [-0.2, -0.15) is 0 Å². The topological polar surface area (TPSA) is 63.6 Å². The van der Waals surface area contributed by atoms with Gasteiger partial charge in [0.15, 0.2) is 0 Å². The summed E-state index contributed by atoms with van der Waals surface area (Å²) in [6.07, 6.45) is -1.27. The number of carboxylic acid groups (broad SMARTS) is 1. The molecular formula is C9H7O4. The number of ether oxygens (including phenoxy) is 1. The zero-order valence-electron chi connectivity index (χ0n) is 6.64. The van der Waals surface area contributed by atoms with Crippen LogP contribution in [0.2, 0.25) is 0 Å². The standard InChI is InChI=1S/C9H7O4/c10-6-13-8(9(11)12)7-4-2-1-3-5-7/h1-5,8H,(H,11,12). The van der Waals surface area contributed by atoms with E-state index < -0.39 is 12.1 Å². The first-order valence-corrected chi connectivity index (χ1v) is 3.56. The van der Waals surface area contributed by atoms with Gasteiger partial charge < -0.3 is 9.84 Å². The van der Waals surface area contributed by atoms with Crippen molar-refractivity contribution in [1.82, 2.24) is 0 Å². The van der Waals surface area contributed by atoms with Crippen molar-refractivity contribution in [1.29, 1.82) is 0 Å². The van der Waals surface area contributed by atoms with Crippen molar-refractivity contribution in [3.05, 3.63) is 35.9 Å². The van der Waals surface area contributed by atoms with E-state index in [0.29, 0.717) is 5.56 Å². The summed E-state index contributed by atoms with van der Waals surface area (Å²) in [6, 6.07) is 8.21. The fraction of sp³-hybridized carbons (Fsp3) is 0.111. The first-order chi connectivity index (χ1) is 6.25. The van der Waals surface area contributed by atoms with E-state index >= 15 is 0 Å². The summed E-state index contributed by atoms with van der Waals surface area (Å²) in [7, 11) is 0. The molecule has 4 heteroatoms. The summed E-state index contributed by atoms with van der Waals surface area (Å²) in [6.45, 7) is 1.12. The number of hydrogen-bond acceptors (Lipinski definition) is 3. The second-order valence-corrected chi connectivity index (χ2v) is 2.33. The maximum Gasteiger partial charge on any atom is 0.418 e. The van der Waals surface area contributed by atoms with Crippen molar-refractivity contribution in [2.45, 2.75) is 6.10 Å². The van der Waals surface area contributed by atoms with Gasteiger partial charge in [-0.05, 0) is 0 Å². The van der Waals surface area contributed by atoms with Gasteiger partial charge in [-0.1, -0.05) is 30.3 Å². The van der Waals surface area contributed by atoms with Crippen LogP contribution in [0.15, 0.2) is 30.3 Å². The minimum Gasteiger partial charge on any atom is -0.478 e. The Bertz CT molecular complexity index is 294. The smallest absolute Gasteiger partial charge is 0.418 e. The highest BCUT2D eigenvalue weighted by Crippen LogP contribution is 2.15. The van der Waals surface area contributed by atoms with Crippen molar-refractivity contribution in [2.24, 2.45) is 0 Å². The Labute approximate surface area is 74.8 Å². The molecule has 0 aliphatic carbocycles. The fourth-order valence-electron chi connectivity index (χ4n) is 0.937. The number of aliphatic carboxylic acids is 1. The third kappa shape index (κ3) is 2.30. The van der Waals surface area contributed by atoms with Crippen LogP contribution in [0.5, 0.6) is 0 Å². The number of carbonyl (C=O) groups is 1. The maximum absolute atomic E-state index is 10.6. The molecule has 13 heavy (non-hydrogen) atoms. The Balaban J connectivity index is 2.88. The van der Waals surface area contributed by atoms with Gasteiger partial charge in [-0.25, -0.2) is 9.59 Å². The Kier molecular flexibility index (Phi) is 3.03. The van der Waals surface area contributed by atoms with Gasteiger partial charge in [0.05, 0.1) is 0 Å². The minimum absolute atomic E-state index is 0.415. The molecule has 0 amide bonds. The molecule has 0 aliphatic rings. The largest absolute Gasteiger partial charge is 0.478 e. The highest BCUT2D eigenvalue weighted by atomic mass is 16.5. The molecule has 1 aromatic carbocycles. The molecule has 1 aromatic rings. The normalized spacial score (nSPS) is 11.7. The summed E-state index contributed by atoms with van der Waals surface area (Å²) in [5, 5.41) is 8.65. The number of benzene rings is 1. The second-order valence-electron chi connectivity index (χ2n) is 2.33. The molecule has 0 spiro atoms. The molecule has 0 bridgehead atoms. The number of hydrogen-bond donors (Lipinski definition) is 1. The summed E-state index contributed by atoms with van der Waals surface area (Å²) in [5.74, 6) is -1.21. The van der Waals surface area contributed by atoms with E-state index in [0.717, 1.165) is 6.47 Å². The minimum atomic E-state index is -1.27. The van der Waals surface area contributed by atoms with Crippen LogP contribution in [-0.2, 0) is 14.3 Å². The lowest BCUT2D eigenvalue weighted by atomic mass is 10.1. The lowest BCUT2D eigenvalue weighted by Gasteiger charge is -2.08. The number of carboxylic acids is 1. The van der Waals surface area contributed by atoms with E-state index in [2.05, 4.69) is 4.74 Å². The lowest BCUT2D eigenvalue weighted by molar-refractivity contribution is -0.146. The van der Waals surface area contributed by atoms with Crippen LogP contribution >= 0.6 is 0 Å². The highest BCUT2D eigenvalue weighted by molar-refractivity contribution is 5.75. The van der Waals surface area contributed by atoms with Crippen LogP contribution in [0, 0.1) is 0 Å². The van der Waals surface area contributed by atoms with Gasteiger partial charge in [0.25, 0.3) is 0 Å². The highest BCUT2D eigenvalue weighted by Gasteiger charge is 2.20. The summed E-state index contributed by atoms with van der Waals surface area (Å²) < 4.78 is 4.28. The second kappa shape index (κ2) is 4.25. The summed E-state index contributed by atoms with van der Waals surface area (Å²) >= 11 is 0. The molecular weight excluding hydrogens is 172 g/mol. The number of rotatable bonds is 4. The molecule has 0 aromatic heterocycles. The van der Waals surface area contributed by atoms with E-state index in [1.54, 1.807) is 30.3 Å². The molecule has 1 unspecified atom stereocenters. The number of carbonyl (C=O) groups excluding carboxylic acids is 1. The molecule has 67 valence electrons. The van der Waals surface area contributed by atoms with Gasteiger partial charge in [0, 0.05) is 5.56 Å². The van der Waals surface area contributed by atoms with E-state index in [1.807, 2.05) is 0 Å². The Morgan fingerprint density at radius 1 is 1.38 bits per heavy atom. The van der Waals surface area contributed by atoms with Crippen LogP contribution < -0.4 is 0 Å². The Hall–Kier alpha value is -1.84. The van der Waals surface area contributed by atoms with Crippen molar-refractivity contribution in [3.8, 4) is 0 Å². The van der Waals surface area contributed by atoms with E-state index in [4.69, 9.17) is 5.11 Å². The fourth-order valence-corrected chi connectivity index (χ4v) is 0.937. The molecule has 4 nitrogen and oxygen atoms in total. The molecule has 0 saturated heterocycles. The van der Waals surface area contributed by atoms with E-state index in [9.17, 15) is 9.59 Å². The SMILES string of the molecule is O=[C]OC(C(=O)O)c1ccccc1. The average Bonchev–Trinajstić information content (AvgIpc) is 2.15. The average molecular weight is 179 g/mol. The third-order valence-electron chi connectivity index (χ3n) is 1.49. The Morgan fingerprint density at radius 2 is 2.00 bits per heavy atom. The van der Waals surface area contributed by atoms with Crippen LogP contribution in [0.4, 0.5) is 0 Å². The van der Waals surface area contributed by atoms with Gasteiger partial charge in [0.2, 0.25) is 6.10 Å². The van der Waals surface area contributed by atoms with Crippen LogP contribution in [0.3, 0.4) is 0 Å². The zero-order chi connectivity index (χ0) is 9.68. The van der Waals surface area contributed by atoms with Crippen molar-refractivity contribution >= 4 is 12.4 Å². The third-order valence-corrected chi connectivity index (χ3v) is 1.49. The summed E-state index contributed by atoms with van der Waals surface area (Å²) in [4.78, 5) is 20.5. The first-order valence-electron chi connectivity index (χ1n) is 3.56. The van der Waals surface area contributed by atoms with Gasteiger partial charge >= 0.3 is 12.4 Å². The quantitative estimate of drug-likeness (QED) is 0.745. The molecule has 1 atom stereocenters. The molecule has 0 aliphatic heterocycles. The van der Waals surface area contributed by atoms with Crippen LogP contribution in [0.25, 0.3) is 0 Å². The molecule has 0 heterocycles. The van der Waals surface area contributed by atoms with E-state index in [-0.39, 0.29) is 0 Å². The molecule has 0 fully saturated rings. The molecule has 1 rings (SSSR count). The van der Waals surface area contributed by atoms with Gasteiger partial charge in [-0.15, -0.1) is 0 Å². The zero-order valence-corrected chi connectivity index (χ0v) is 6.64. The van der Waals surface area contributed by atoms with Crippen molar-refractivity contribution in [3.63, 3.8) is 0 Å². The maximum atomic E-state index is 10.6. The van der Waals surface area contributed by atoms with Crippen molar-refractivity contribution in [2.75, 3.05) is 0 Å². The van der Waals surface area contributed by atoms with Crippen LogP contribution in [0.1, 0.15) is 11.7 Å². The van der Waals surface area contributed by atoms with E-state index in [1.165, 1.54) is 0 Å². The van der Waals surface area contributed by atoms with Gasteiger partial charge in [0.1, 0.15) is 0 Å². The summed E-state index contributed by atoms with van der Waals surface area (Å²) in [5.41, 5.74) is 0.415. The predicted octanol–water partition coefficient (Wildman–Crippen LogP) is 0.896. The molecule has 1 radical (unpaired) electrons. The Morgan fingerprint density at radius 3 is 2.46 bits per heavy atom. The molecule has 0 saturated carbocycles. The van der Waals surface area contributed by atoms with Crippen LogP contribution in [-0.4, -0.2) is 17.5 Å². The first kappa shape index (κ1) is 9.25.